The van der Waals surface area contributed by atoms with Gasteiger partial charge in [-0.15, -0.1) is 0 Å². The smallest absolute Gasteiger partial charge is 0.0939 e. The first-order valence-electron chi connectivity index (χ1n) is 9.67. The quantitative estimate of drug-likeness (QED) is 0.672. The van der Waals surface area contributed by atoms with Crippen LogP contribution in [0.15, 0.2) is 54.6 Å². The lowest BCUT2D eigenvalue weighted by Crippen LogP contribution is -2.40. The number of nitrogens with one attached hydrogen (secondary N) is 3. The summed E-state index contributed by atoms with van der Waals surface area (Å²) in [6.45, 7) is 17.8. The van der Waals surface area contributed by atoms with Crippen molar-refractivity contribution in [2.75, 3.05) is 19.6 Å². The van der Waals surface area contributed by atoms with Crippen LogP contribution in [0.3, 0.4) is 0 Å². The SMILES string of the molecule is C=C(NC1CCN(C(=C)NCC)C1)NC(C)C1=C(C)c2ccccc2C1. The molecule has 3 N–H and O–H groups in total. The molecule has 3 rings (SSSR count). The molecule has 0 bridgehead atoms. The molecule has 0 aromatic heterocycles. The summed E-state index contributed by atoms with van der Waals surface area (Å²) in [6.07, 6.45) is 2.13. The molecular formula is C22H32N4. The molecule has 2 unspecified atom stereocenters. The summed E-state index contributed by atoms with van der Waals surface area (Å²) in [4.78, 5) is 2.30. The summed E-state index contributed by atoms with van der Waals surface area (Å²) in [7, 11) is 0. The van der Waals surface area contributed by atoms with E-state index in [1.54, 1.807) is 0 Å². The predicted molar refractivity (Wildman–Crippen MR) is 110 cm³/mol. The third-order valence-electron chi connectivity index (χ3n) is 5.53. The van der Waals surface area contributed by atoms with Crippen molar-refractivity contribution in [1.29, 1.82) is 0 Å². The van der Waals surface area contributed by atoms with Crippen LogP contribution in [0.4, 0.5) is 0 Å². The fraction of sp³-hybridized carbons (Fsp3) is 0.455. The van der Waals surface area contributed by atoms with E-state index in [9.17, 15) is 0 Å². The summed E-state index contributed by atoms with van der Waals surface area (Å²) in [6, 6.07) is 9.39. The van der Waals surface area contributed by atoms with Crippen molar-refractivity contribution in [2.24, 2.45) is 0 Å². The van der Waals surface area contributed by atoms with Gasteiger partial charge >= 0.3 is 0 Å². The van der Waals surface area contributed by atoms with E-state index in [1.807, 2.05) is 0 Å². The molecule has 1 aliphatic heterocycles. The molecule has 1 aromatic rings. The van der Waals surface area contributed by atoms with Crippen LogP contribution in [0.5, 0.6) is 0 Å². The van der Waals surface area contributed by atoms with E-state index in [1.165, 1.54) is 22.3 Å². The summed E-state index contributed by atoms with van der Waals surface area (Å²) in [5, 5.41) is 10.4. The number of allylic oxidation sites excluding steroid dienone is 1. The molecule has 1 heterocycles. The Balaban J connectivity index is 1.52. The van der Waals surface area contributed by atoms with E-state index in [2.05, 4.69) is 79.0 Å². The monoisotopic (exact) mass is 352 g/mol. The predicted octanol–water partition coefficient (Wildman–Crippen LogP) is 3.21. The molecule has 1 aliphatic carbocycles. The van der Waals surface area contributed by atoms with Crippen LogP contribution in [-0.2, 0) is 6.42 Å². The van der Waals surface area contributed by atoms with E-state index < -0.39 is 0 Å². The molecule has 1 fully saturated rings. The van der Waals surface area contributed by atoms with Crippen LogP contribution >= 0.6 is 0 Å². The first-order chi connectivity index (χ1) is 12.5. The highest BCUT2D eigenvalue weighted by Crippen LogP contribution is 2.33. The van der Waals surface area contributed by atoms with Gasteiger partial charge in [-0.3, -0.25) is 0 Å². The zero-order chi connectivity index (χ0) is 18.7. The summed E-state index contributed by atoms with van der Waals surface area (Å²) < 4.78 is 0. The second-order valence-electron chi connectivity index (χ2n) is 7.38. The summed E-state index contributed by atoms with van der Waals surface area (Å²) in [5.74, 6) is 1.93. The molecule has 0 saturated carbocycles. The maximum Gasteiger partial charge on any atom is 0.0939 e. The van der Waals surface area contributed by atoms with Crippen molar-refractivity contribution in [3.63, 3.8) is 0 Å². The van der Waals surface area contributed by atoms with E-state index in [0.717, 1.165) is 44.1 Å². The van der Waals surface area contributed by atoms with Crippen LogP contribution in [0.25, 0.3) is 5.57 Å². The second-order valence-corrected chi connectivity index (χ2v) is 7.38. The van der Waals surface area contributed by atoms with E-state index in [-0.39, 0.29) is 6.04 Å². The third-order valence-corrected chi connectivity index (χ3v) is 5.53. The first kappa shape index (κ1) is 18.4. The first-order valence-corrected chi connectivity index (χ1v) is 9.67. The van der Waals surface area contributed by atoms with Crippen molar-refractivity contribution in [3.05, 3.63) is 65.8 Å². The van der Waals surface area contributed by atoms with Crippen LogP contribution in [0.2, 0.25) is 0 Å². The number of benzene rings is 1. The van der Waals surface area contributed by atoms with E-state index in [4.69, 9.17) is 0 Å². The van der Waals surface area contributed by atoms with Crippen LogP contribution in [-0.4, -0.2) is 36.6 Å². The highest BCUT2D eigenvalue weighted by Gasteiger charge is 2.25. The normalized spacial score (nSPS) is 20.0. The summed E-state index contributed by atoms with van der Waals surface area (Å²) >= 11 is 0. The fourth-order valence-electron chi connectivity index (χ4n) is 4.10. The number of rotatable bonds is 8. The van der Waals surface area contributed by atoms with Gasteiger partial charge in [0.05, 0.1) is 11.6 Å². The largest absolute Gasteiger partial charge is 0.373 e. The molecule has 140 valence electrons. The van der Waals surface area contributed by atoms with Gasteiger partial charge < -0.3 is 20.9 Å². The van der Waals surface area contributed by atoms with Crippen LogP contribution in [0, 0.1) is 0 Å². The number of hydrogen-bond donors (Lipinski definition) is 3. The average Bonchev–Trinajstić information content (AvgIpc) is 3.20. The Labute approximate surface area is 158 Å². The molecular weight excluding hydrogens is 320 g/mol. The average molecular weight is 353 g/mol. The minimum absolute atomic E-state index is 0.275. The molecule has 0 amide bonds. The Hall–Kier alpha value is -2.36. The van der Waals surface area contributed by atoms with Crippen molar-refractivity contribution >= 4 is 5.57 Å². The van der Waals surface area contributed by atoms with Gasteiger partial charge in [-0.25, -0.2) is 0 Å². The lowest BCUT2D eigenvalue weighted by atomic mass is 10.0. The van der Waals surface area contributed by atoms with E-state index in [0.29, 0.717) is 6.04 Å². The Morgan fingerprint density at radius 2 is 2.08 bits per heavy atom. The number of nitrogens with zero attached hydrogens (tertiary/aromatic N) is 1. The van der Waals surface area contributed by atoms with Gasteiger partial charge in [-0.2, -0.15) is 0 Å². The van der Waals surface area contributed by atoms with Gasteiger partial charge in [-0.05, 0) is 55.9 Å². The highest BCUT2D eigenvalue weighted by atomic mass is 15.3. The Bertz CT molecular complexity index is 719. The minimum atomic E-state index is 0.275. The van der Waals surface area contributed by atoms with Gasteiger partial charge in [-0.1, -0.05) is 37.4 Å². The fourth-order valence-corrected chi connectivity index (χ4v) is 4.10. The lowest BCUT2D eigenvalue weighted by molar-refractivity contribution is 0.382. The topological polar surface area (TPSA) is 39.3 Å². The minimum Gasteiger partial charge on any atom is -0.373 e. The van der Waals surface area contributed by atoms with E-state index >= 15 is 0 Å². The molecule has 2 aliphatic rings. The van der Waals surface area contributed by atoms with Crippen molar-refractivity contribution < 1.29 is 0 Å². The molecule has 0 spiro atoms. The summed E-state index contributed by atoms with van der Waals surface area (Å²) in [5.41, 5.74) is 5.69. The molecule has 2 atom stereocenters. The van der Waals surface area contributed by atoms with Crippen molar-refractivity contribution in [3.8, 4) is 0 Å². The number of likely N-dealkylation sites (tertiary alicyclic amines) is 1. The number of hydrogen-bond acceptors (Lipinski definition) is 4. The van der Waals surface area contributed by atoms with Crippen LogP contribution < -0.4 is 16.0 Å². The molecule has 1 aromatic carbocycles. The standard InChI is InChI=1S/C22H32N4/c1-6-23-18(5)26-12-11-20(14-26)25-17(4)24-16(3)22-13-19-9-7-8-10-21(19)15(22)2/h7-10,16,20,23-25H,4-6,11-14H2,1-3H3. The Morgan fingerprint density at radius 3 is 2.81 bits per heavy atom. The van der Waals surface area contributed by atoms with Gasteiger partial charge in [0.2, 0.25) is 0 Å². The highest BCUT2D eigenvalue weighted by molar-refractivity contribution is 5.75. The zero-order valence-corrected chi connectivity index (χ0v) is 16.4. The van der Waals surface area contributed by atoms with Gasteiger partial charge in [0, 0.05) is 31.7 Å². The lowest BCUT2D eigenvalue weighted by Gasteiger charge is -2.24. The van der Waals surface area contributed by atoms with Crippen molar-refractivity contribution in [2.45, 2.75) is 45.7 Å². The maximum atomic E-state index is 4.21. The van der Waals surface area contributed by atoms with Gasteiger partial charge in [0.15, 0.2) is 0 Å². The Kier molecular flexibility index (Phi) is 5.60. The molecule has 4 nitrogen and oxygen atoms in total. The zero-order valence-electron chi connectivity index (χ0n) is 16.4. The third kappa shape index (κ3) is 3.90. The van der Waals surface area contributed by atoms with Crippen molar-refractivity contribution in [1.82, 2.24) is 20.9 Å². The van der Waals surface area contributed by atoms with Gasteiger partial charge in [0.1, 0.15) is 0 Å². The number of fused-ring (bicyclic) bond motifs is 1. The molecule has 26 heavy (non-hydrogen) atoms. The maximum absolute atomic E-state index is 4.21. The van der Waals surface area contributed by atoms with Crippen LogP contribution in [0.1, 0.15) is 38.3 Å². The molecule has 0 radical (unpaired) electrons. The molecule has 1 saturated heterocycles. The second kappa shape index (κ2) is 7.90. The Morgan fingerprint density at radius 1 is 1.31 bits per heavy atom. The van der Waals surface area contributed by atoms with Gasteiger partial charge in [0.25, 0.3) is 0 Å². The molecule has 4 heteroatoms.